The second kappa shape index (κ2) is 7.33. The van der Waals surface area contributed by atoms with Gasteiger partial charge in [0.05, 0.1) is 17.7 Å². The number of methoxy groups -OCH3 is 1. The van der Waals surface area contributed by atoms with Crippen LogP contribution in [0.3, 0.4) is 0 Å². The van der Waals surface area contributed by atoms with Gasteiger partial charge in [0.25, 0.3) is 5.91 Å². The molecule has 3 N–H and O–H groups in total. The van der Waals surface area contributed by atoms with Crippen molar-refractivity contribution >= 4 is 28.9 Å². The molecule has 2 rings (SSSR count). The van der Waals surface area contributed by atoms with E-state index in [2.05, 4.69) is 16.9 Å². The number of rotatable bonds is 4. The Labute approximate surface area is 145 Å². The third kappa shape index (κ3) is 3.67. The summed E-state index contributed by atoms with van der Waals surface area (Å²) in [6, 6.07) is 4.96. The lowest BCUT2D eigenvalue weighted by atomic mass is 10.2. The second-order valence-corrected chi connectivity index (χ2v) is 5.56. The fourth-order valence-electron chi connectivity index (χ4n) is 2.21. The first-order chi connectivity index (χ1) is 11.4. The summed E-state index contributed by atoms with van der Waals surface area (Å²) in [6.07, 6.45) is 3.25. The summed E-state index contributed by atoms with van der Waals surface area (Å²) < 4.78 is 5.09. The number of allylic oxidation sites excluding steroid dienone is 2. The van der Waals surface area contributed by atoms with Crippen LogP contribution in [0.25, 0.3) is 0 Å². The molecule has 1 heterocycles. The maximum atomic E-state index is 12.6. The van der Waals surface area contributed by atoms with Gasteiger partial charge in [0.1, 0.15) is 5.75 Å². The van der Waals surface area contributed by atoms with E-state index < -0.39 is 0 Å². The number of nitrogens with one attached hydrogen (secondary N) is 1. The summed E-state index contributed by atoms with van der Waals surface area (Å²) in [4.78, 5) is 16.9. The highest BCUT2D eigenvalue weighted by Crippen LogP contribution is 2.28. The number of carbonyl (C=O) groups is 1. The van der Waals surface area contributed by atoms with Crippen molar-refractivity contribution in [2.24, 2.45) is 10.8 Å². The first-order valence-electron chi connectivity index (χ1n) is 7.17. The topological polar surface area (TPSA) is 80.0 Å². The van der Waals surface area contributed by atoms with Crippen molar-refractivity contribution < 1.29 is 9.53 Å². The Morgan fingerprint density at radius 1 is 1.46 bits per heavy atom. The van der Waals surface area contributed by atoms with Crippen molar-refractivity contribution in [1.82, 2.24) is 5.01 Å². The van der Waals surface area contributed by atoms with Gasteiger partial charge in [-0.15, -0.1) is 0 Å². The number of hydrazine groups is 1. The van der Waals surface area contributed by atoms with E-state index in [0.717, 1.165) is 11.4 Å². The molecule has 0 radical (unpaired) electrons. The molecule has 1 aliphatic heterocycles. The van der Waals surface area contributed by atoms with E-state index in [9.17, 15) is 4.79 Å². The SMILES string of the molecule is C=C/C(C(=O)Nc1ccc(OC)c(Cl)c1)=C1/N=C(C)C=C(C)N1N. The molecule has 0 fully saturated rings. The zero-order valence-electron chi connectivity index (χ0n) is 13.8. The first-order valence-corrected chi connectivity index (χ1v) is 7.55. The third-order valence-electron chi connectivity index (χ3n) is 3.41. The molecule has 1 amide bonds. The monoisotopic (exact) mass is 346 g/mol. The summed E-state index contributed by atoms with van der Waals surface area (Å²) in [5.41, 5.74) is 2.32. The maximum Gasteiger partial charge on any atom is 0.259 e. The van der Waals surface area contributed by atoms with Gasteiger partial charge in [0, 0.05) is 17.1 Å². The molecule has 0 saturated carbocycles. The van der Waals surface area contributed by atoms with Crippen LogP contribution in [-0.2, 0) is 4.79 Å². The van der Waals surface area contributed by atoms with E-state index in [1.165, 1.54) is 18.2 Å². The normalized spacial score (nSPS) is 16.1. The molecule has 0 aliphatic carbocycles. The van der Waals surface area contributed by atoms with Crippen molar-refractivity contribution in [3.63, 3.8) is 0 Å². The number of halogens is 1. The Bertz CT molecular complexity index is 781. The molecule has 0 bridgehead atoms. The maximum absolute atomic E-state index is 12.6. The van der Waals surface area contributed by atoms with Gasteiger partial charge in [-0.1, -0.05) is 24.3 Å². The van der Waals surface area contributed by atoms with Crippen LogP contribution in [0.15, 0.2) is 59.0 Å². The van der Waals surface area contributed by atoms with Crippen LogP contribution in [0.2, 0.25) is 5.02 Å². The number of nitrogens with two attached hydrogens (primary N) is 1. The van der Waals surface area contributed by atoms with Gasteiger partial charge in [0.2, 0.25) is 0 Å². The molecule has 6 nitrogen and oxygen atoms in total. The molecule has 0 atom stereocenters. The number of carbonyl (C=O) groups excluding carboxylic acids is 1. The minimum absolute atomic E-state index is 0.260. The molecule has 24 heavy (non-hydrogen) atoms. The molecular weight excluding hydrogens is 328 g/mol. The van der Waals surface area contributed by atoms with Gasteiger partial charge in [-0.2, -0.15) is 0 Å². The largest absolute Gasteiger partial charge is 0.495 e. The molecule has 1 aliphatic rings. The average molecular weight is 347 g/mol. The summed E-state index contributed by atoms with van der Waals surface area (Å²) in [7, 11) is 1.52. The quantitative estimate of drug-likeness (QED) is 0.648. The van der Waals surface area contributed by atoms with Crippen LogP contribution in [0.1, 0.15) is 13.8 Å². The van der Waals surface area contributed by atoms with E-state index in [-0.39, 0.29) is 11.5 Å². The lowest BCUT2D eigenvalue weighted by molar-refractivity contribution is -0.112. The van der Waals surface area contributed by atoms with Crippen LogP contribution in [0.5, 0.6) is 5.75 Å². The standard InChI is InChI=1S/C17H19ClN4O2/c1-5-13(16-20-10(2)8-11(3)22(16)19)17(23)21-12-6-7-15(24-4)14(18)9-12/h5-9H,1,19H2,2-4H3,(H,21,23)/b16-13+. The lowest BCUT2D eigenvalue weighted by Gasteiger charge is -2.25. The summed E-state index contributed by atoms with van der Waals surface area (Å²) in [6.45, 7) is 7.36. The van der Waals surface area contributed by atoms with E-state index in [0.29, 0.717) is 22.3 Å². The molecule has 7 heteroatoms. The van der Waals surface area contributed by atoms with Crippen molar-refractivity contribution in [3.8, 4) is 5.75 Å². The van der Waals surface area contributed by atoms with Crippen molar-refractivity contribution in [2.75, 3.05) is 12.4 Å². The smallest absolute Gasteiger partial charge is 0.259 e. The van der Waals surface area contributed by atoms with Gasteiger partial charge >= 0.3 is 0 Å². The number of anilines is 1. The molecule has 126 valence electrons. The number of hydrogen-bond acceptors (Lipinski definition) is 5. The highest BCUT2D eigenvalue weighted by molar-refractivity contribution is 6.32. The predicted octanol–water partition coefficient (Wildman–Crippen LogP) is 3.24. The predicted molar refractivity (Wildman–Crippen MR) is 96.7 cm³/mol. The van der Waals surface area contributed by atoms with Gasteiger partial charge < -0.3 is 10.1 Å². The lowest BCUT2D eigenvalue weighted by Crippen LogP contribution is -2.33. The summed E-state index contributed by atoms with van der Waals surface area (Å²) >= 11 is 6.07. The minimum atomic E-state index is -0.386. The fourth-order valence-corrected chi connectivity index (χ4v) is 2.47. The number of benzene rings is 1. The Hall–Kier alpha value is -2.57. The van der Waals surface area contributed by atoms with Gasteiger partial charge in [-0.25, -0.2) is 10.8 Å². The minimum Gasteiger partial charge on any atom is -0.495 e. The molecule has 0 spiro atoms. The third-order valence-corrected chi connectivity index (χ3v) is 3.70. The number of amides is 1. The Morgan fingerprint density at radius 3 is 2.75 bits per heavy atom. The number of hydrogen-bond donors (Lipinski definition) is 2. The number of aliphatic imine (C=N–C) groups is 1. The molecule has 0 aromatic heterocycles. The summed E-state index contributed by atoms with van der Waals surface area (Å²) in [5.74, 6) is 6.46. The van der Waals surface area contributed by atoms with Crippen LogP contribution in [0.4, 0.5) is 5.69 Å². The first kappa shape index (κ1) is 17.8. The molecule has 0 unspecified atom stereocenters. The molecular formula is C17H19ClN4O2. The van der Waals surface area contributed by atoms with Crippen LogP contribution in [0, 0.1) is 0 Å². The van der Waals surface area contributed by atoms with Crippen LogP contribution in [-0.4, -0.2) is 23.7 Å². The van der Waals surface area contributed by atoms with Crippen molar-refractivity contribution in [3.05, 3.63) is 59.0 Å². The average Bonchev–Trinajstić information content (AvgIpc) is 2.52. The zero-order chi connectivity index (χ0) is 17.9. The van der Waals surface area contributed by atoms with Crippen molar-refractivity contribution in [2.45, 2.75) is 13.8 Å². The van der Waals surface area contributed by atoms with E-state index in [1.54, 1.807) is 18.2 Å². The van der Waals surface area contributed by atoms with Gasteiger partial charge in [-0.3, -0.25) is 9.80 Å². The molecule has 1 aromatic carbocycles. The Balaban J connectivity index is 2.33. The van der Waals surface area contributed by atoms with Gasteiger partial charge in [0.15, 0.2) is 5.82 Å². The van der Waals surface area contributed by atoms with Crippen molar-refractivity contribution in [1.29, 1.82) is 0 Å². The van der Waals surface area contributed by atoms with E-state index in [1.807, 2.05) is 19.9 Å². The molecule has 0 saturated heterocycles. The van der Waals surface area contributed by atoms with Gasteiger partial charge in [-0.05, 0) is 38.1 Å². The number of nitrogens with zero attached hydrogens (tertiary/aromatic N) is 2. The van der Waals surface area contributed by atoms with E-state index >= 15 is 0 Å². The Kier molecular flexibility index (Phi) is 5.43. The highest BCUT2D eigenvalue weighted by Gasteiger charge is 2.20. The fraction of sp³-hybridized carbons (Fsp3) is 0.176. The van der Waals surface area contributed by atoms with Crippen LogP contribution >= 0.6 is 11.6 Å². The highest BCUT2D eigenvalue weighted by atomic mass is 35.5. The van der Waals surface area contributed by atoms with E-state index in [4.69, 9.17) is 22.2 Å². The molecule has 1 aromatic rings. The zero-order valence-corrected chi connectivity index (χ0v) is 14.5. The second-order valence-electron chi connectivity index (χ2n) is 5.15. The number of ether oxygens (including phenoxy) is 1. The Morgan fingerprint density at radius 2 is 2.17 bits per heavy atom. The summed E-state index contributed by atoms with van der Waals surface area (Å²) in [5, 5.41) is 4.50. The van der Waals surface area contributed by atoms with Crippen LogP contribution < -0.4 is 15.9 Å².